The second-order valence-corrected chi connectivity index (χ2v) is 4.18. The van der Waals surface area contributed by atoms with Crippen LogP contribution in [0.1, 0.15) is 0 Å². The highest BCUT2D eigenvalue weighted by molar-refractivity contribution is 5.56. The van der Waals surface area contributed by atoms with Crippen LogP contribution in [0.4, 0.5) is 5.69 Å². The van der Waals surface area contributed by atoms with Crippen LogP contribution in [0.25, 0.3) is 0 Å². The second kappa shape index (κ2) is 4.22. The van der Waals surface area contributed by atoms with E-state index in [1.165, 1.54) is 18.8 Å². The van der Waals surface area contributed by atoms with Crippen molar-refractivity contribution >= 4 is 5.69 Å². The van der Waals surface area contributed by atoms with Gasteiger partial charge in [0.25, 0.3) is 0 Å². The number of benzene rings is 1. The number of quaternary nitrogens is 1. The Morgan fingerprint density at radius 2 is 1.75 bits per heavy atom. The first-order valence-corrected chi connectivity index (χ1v) is 5.90. The summed E-state index contributed by atoms with van der Waals surface area (Å²) in [6.07, 6.45) is 0. The minimum Gasteiger partial charge on any atom is -0.486 e. The fourth-order valence-corrected chi connectivity index (χ4v) is 2.24. The minimum atomic E-state index is 0.657. The van der Waals surface area contributed by atoms with Gasteiger partial charge in [-0.25, -0.2) is 0 Å². The fraction of sp³-hybridized carbons (Fsp3) is 0.500. The van der Waals surface area contributed by atoms with Gasteiger partial charge in [-0.1, -0.05) is 0 Å². The molecular formula is C12H17N2O2+. The number of nitrogens with two attached hydrogens (primary N) is 1. The van der Waals surface area contributed by atoms with Gasteiger partial charge in [-0.15, -0.1) is 0 Å². The van der Waals surface area contributed by atoms with Crippen molar-refractivity contribution < 1.29 is 14.8 Å². The maximum Gasteiger partial charge on any atom is 0.163 e. The molecule has 1 saturated heterocycles. The van der Waals surface area contributed by atoms with Crippen molar-refractivity contribution in [1.82, 2.24) is 0 Å². The van der Waals surface area contributed by atoms with Gasteiger partial charge in [-0.2, -0.15) is 0 Å². The summed E-state index contributed by atoms with van der Waals surface area (Å²) in [4.78, 5) is 2.40. The van der Waals surface area contributed by atoms with Gasteiger partial charge in [0.05, 0.1) is 26.2 Å². The van der Waals surface area contributed by atoms with Crippen LogP contribution in [0.3, 0.4) is 0 Å². The van der Waals surface area contributed by atoms with E-state index in [9.17, 15) is 0 Å². The number of rotatable bonds is 1. The summed E-state index contributed by atoms with van der Waals surface area (Å²) in [5, 5.41) is 2.36. The lowest BCUT2D eigenvalue weighted by Gasteiger charge is -2.28. The molecule has 0 saturated carbocycles. The third-order valence-electron chi connectivity index (χ3n) is 3.10. The van der Waals surface area contributed by atoms with E-state index in [-0.39, 0.29) is 0 Å². The first kappa shape index (κ1) is 9.78. The Hall–Kier alpha value is -1.42. The molecule has 2 aliphatic heterocycles. The molecule has 3 rings (SSSR count). The van der Waals surface area contributed by atoms with Crippen molar-refractivity contribution in [2.45, 2.75) is 0 Å². The summed E-state index contributed by atoms with van der Waals surface area (Å²) in [7, 11) is 0. The molecule has 4 heteroatoms. The molecule has 0 amide bonds. The van der Waals surface area contributed by atoms with E-state index >= 15 is 0 Å². The molecule has 1 aromatic rings. The summed E-state index contributed by atoms with van der Waals surface area (Å²) in [6.45, 7) is 5.89. The van der Waals surface area contributed by atoms with E-state index in [1.807, 2.05) is 6.07 Å². The number of anilines is 1. The van der Waals surface area contributed by atoms with Crippen molar-refractivity contribution in [3.05, 3.63) is 18.2 Å². The number of hydrogen-bond acceptors (Lipinski definition) is 3. The predicted molar refractivity (Wildman–Crippen MR) is 61.3 cm³/mol. The Labute approximate surface area is 95.1 Å². The molecule has 1 fully saturated rings. The lowest BCUT2D eigenvalue weighted by Crippen LogP contribution is -2.89. The molecule has 0 bridgehead atoms. The Bertz CT molecular complexity index is 375. The van der Waals surface area contributed by atoms with E-state index in [1.54, 1.807) is 0 Å². The molecule has 16 heavy (non-hydrogen) atoms. The molecule has 1 aromatic carbocycles. The van der Waals surface area contributed by atoms with Gasteiger partial charge >= 0.3 is 0 Å². The normalized spacial score (nSPS) is 19.6. The Morgan fingerprint density at radius 1 is 1.00 bits per heavy atom. The van der Waals surface area contributed by atoms with Crippen molar-refractivity contribution in [2.75, 3.05) is 44.3 Å². The Morgan fingerprint density at radius 3 is 2.56 bits per heavy atom. The molecule has 0 radical (unpaired) electrons. The average Bonchev–Trinajstić information content (AvgIpc) is 2.39. The summed E-state index contributed by atoms with van der Waals surface area (Å²) >= 11 is 0. The van der Waals surface area contributed by atoms with Crippen LogP contribution >= 0.6 is 0 Å². The molecule has 86 valence electrons. The lowest BCUT2D eigenvalue weighted by atomic mass is 10.2. The lowest BCUT2D eigenvalue weighted by molar-refractivity contribution is -0.655. The summed E-state index contributed by atoms with van der Waals surface area (Å²) in [5.41, 5.74) is 1.25. The molecular weight excluding hydrogens is 204 g/mol. The third kappa shape index (κ3) is 1.80. The van der Waals surface area contributed by atoms with Crippen LogP contribution in [0.5, 0.6) is 11.5 Å². The highest BCUT2D eigenvalue weighted by Crippen LogP contribution is 2.33. The zero-order valence-electron chi connectivity index (χ0n) is 9.32. The van der Waals surface area contributed by atoms with Crippen molar-refractivity contribution in [2.24, 2.45) is 0 Å². The molecule has 2 aliphatic rings. The topological polar surface area (TPSA) is 38.3 Å². The molecule has 0 unspecified atom stereocenters. The van der Waals surface area contributed by atoms with Gasteiger partial charge in [-0.3, -0.25) is 0 Å². The molecule has 0 spiro atoms. The zero-order valence-corrected chi connectivity index (χ0v) is 9.32. The monoisotopic (exact) mass is 221 g/mol. The highest BCUT2D eigenvalue weighted by atomic mass is 16.6. The average molecular weight is 221 g/mol. The van der Waals surface area contributed by atoms with E-state index < -0.39 is 0 Å². The Balaban J connectivity index is 1.84. The maximum absolute atomic E-state index is 5.60. The second-order valence-electron chi connectivity index (χ2n) is 4.18. The quantitative estimate of drug-likeness (QED) is 0.716. The van der Waals surface area contributed by atoms with Gasteiger partial charge in [0.2, 0.25) is 0 Å². The summed E-state index contributed by atoms with van der Waals surface area (Å²) in [6, 6.07) is 6.24. The van der Waals surface area contributed by atoms with Gasteiger partial charge in [0.1, 0.15) is 13.2 Å². The van der Waals surface area contributed by atoms with Crippen LogP contribution in [0.15, 0.2) is 18.2 Å². The molecule has 0 aromatic heterocycles. The van der Waals surface area contributed by atoms with Crippen LogP contribution in [0.2, 0.25) is 0 Å². The van der Waals surface area contributed by atoms with Crippen molar-refractivity contribution in [1.29, 1.82) is 0 Å². The van der Waals surface area contributed by atoms with Crippen LogP contribution < -0.4 is 19.7 Å². The minimum absolute atomic E-state index is 0.657. The van der Waals surface area contributed by atoms with Gasteiger partial charge < -0.3 is 19.7 Å². The third-order valence-corrected chi connectivity index (χ3v) is 3.10. The molecule has 2 heterocycles. The highest BCUT2D eigenvalue weighted by Gasteiger charge is 2.17. The van der Waals surface area contributed by atoms with Gasteiger partial charge in [0.15, 0.2) is 11.5 Å². The SMILES string of the molecule is c1cc2c(cc1N1CC[NH2+]CC1)OCCO2. The van der Waals surface area contributed by atoms with Crippen LogP contribution in [0, 0.1) is 0 Å². The molecule has 0 atom stereocenters. The van der Waals surface area contributed by atoms with Crippen molar-refractivity contribution in [3.63, 3.8) is 0 Å². The molecule has 0 aliphatic carbocycles. The van der Waals surface area contributed by atoms with E-state index in [0.717, 1.165) is 24.6 Å². The summed E-state index contributed by atoms with van der Waals surface area (Å²) in [5.74, 6) is 1.76. The van der Waals surface area contributed by atoms with Crippen LogP contribution in [-0.2, 0) is 0 Å². The van der Waals surface area contributed by atoms with Crippen LogP contribution in [-0.4, -0.2) is 39.4 Å². The van der Waals surface area contributed by atoms with Gasteiger partial charge in [-0.05, 0) is 12.1 Å². The number of piperazine rings is 1. The number of fused-ring (bicyclic) bond motifs is 1. The number of hydrogen-bond donors (Lipinski definition) is 1. The van der Waals surface area contributed by atoms with Gasteiger partial charge in [0, 0.05) is 11.8 Å². The van der Waals surface area contributed by atoms with E-state index in [0.29, 0.717) is 13.2 Å². The fourth-order valence-electron chi connectivity index (χ4n) is 2.24. The first-order valence-electron chi connectivity index (χ1n) is 5.90. The van der Waals surface area contributed by atoms with E-state index in [2.05, 4.69) is 22.3 Å². The largest absolute Gasteiger partial charge is 0.486 e. The first-order chi connectivity index (χ1) is 7.93. The molecule has 4 nitrogen and oxygen atoms in total. The zero-order chi connectivity index (χ0) is 10.8. The standard InChI is InChI=1S/C12H16N2O2/c1-2-11-12(16-8-7-15-11)9-10(1)14-5-3-13-4-6-14/h1-2,9,13H,3-8H2/p+1. The summed E-state index contributed by atoms with van der Waals surface area (Å²) < 4.78 is 11.1. The van der Waals surface area contributed by atoms with E-state index in [4.69, 9.17) is 9.47 Å². The molecule has 2 N–H and O–H groups in total. The number of ether oxygens (including phenoxy) is 2. The number of nitrogens with zero attached hydrogens (tertiary/aromatic N) is 1. The smallest absolute Gasteiger partial charge is 0.163 e. The predicted octanol–water partition coefficient (Wildman–Crippen LogP) is -0.159. The Kier molecular flexibility index (Phi) is 2.58. The maximum atomic E-state index is 5.60. The van der Waals surface area contributed by atoms with Crippen molar-refractivity contribution in [3.8, 4) is 11.5 Å².